The quantitative estimate of drug-likeness (QED) is 0.922. The van der Waals surface area contributed by atoms with Gasteiger partial charge in [0.15, 0.2) is 0 Å². The number of para-hydroxylation sites is 1. The summed E-state index contributed by atoms with van der Waals surface area (Å²) in [6.45, 7) is 0. The van der Waals surface area contributed by atoms with E-state index in [1.807, 2.05) is 29.2 Å². The van der Waals surface area contributed by atoms with Gasteiger partial charge in [0, 0.05) is 30.2 Å². The Morgan fingerprint density at radius 2 is 1.83 bits per heavy atom. The lowest BCUT2D eigenvalue weighted by Crippen LogP contribution is -2.50. The number of carbonyl (C=O) groups is 2. The van der Waals surface area contributed by atoms with Gasteiger partial charge >= 0.3 is 0 Å². The molecular formula is C18H23N3O2. The van der Waals surface area contributed by atoms with Crippen LogP contribution in [0.2, 0.25) is 0 Å². The smallest absolute Gasteiger partial charge is 0.235 e. The summed E-state index contributed by atoms with van der Waals surface area (Å²) in [6, 6.07) is 9.27. The Bertz CT molecular complexity index is 645. The molecule has 3 aliphatic heterocycles. The molecule has 3 heterocycles. The lowest BCUT2D eigenvalue weighted by Gasteiger charge is -2.40. The molecule has 0 spiro atoms. The van der Waals surface area contributed by atoms with Gasteiger partial charge in [0.25, 0.3) is 0 Å². The number of rotatable bonds is 3. The highest BCUT2D eigenvalue weighted by Gasteiger charge is 2.46. The second-order valence-corrected chi connectivity index (χ2v) is 7.17. The van der Waals surface area contributed by atoms with Gasteiger partial charge in [-0.1, -0.05) is 18.2 Å². The van der Waals surface area contributed by atoms with Crippen LogP contribution in [-0.2, 0) is 9.59 Å². The molecule has 0 aliphatic carbocycles. The summed E-state index contributed by atoms with van der Waals surface area (Å²) in [5, 5.41) is 0. The van der Waals surface area contributed by atoms with Crippen LogP contribution in [-0.4, -0.2) is 41.9 Å². The molecule has 0 aromatic heterocycles. The molecule has 5 nitrogen and oxygen atoms in total. The lowest BCUT2D eigenvalue weighted by atomic mass is 9.96. The molecule has 2 bridgehead atoms. The van der Waals surface area contributed by atoms with Gasteiger partial charge in [0.05, 0.1) is 5.92 Å². The van der Waals surface area contributed by atoms with Crippen LogP contribution < -0.4 is 10.6 Å². The van der Waals surface area contributed by atoms with Crippen LogP contribution in [0.4, 0.5) is 5.69 Å². The van der Waals surface area contributed by atoms with E-state index in [1.54, 1.807) is 0 Å². The first-order valence-electron chi connectivity index (χ1n) is 8.48. The van der Waals surface area contributed by atoms with E-state index in [2.05, 4.69) is 11.9 Å². The monoisotopic (exact) mass is 313 g/mol. The van der Waals surface area contributed by atoms with Crippen LogP contribution >= 0.6 is 0 Å². The zero-order valence-electron chi connectivity index (χ0n) is 13.4. The molecule has 0 radical (unpaired) electrons. The Balaban J connectivity index is 1.67. The van der Waals surface area contributed by atoms with Crippen molar-refractivity contribution in [3.63, 3.8) is 0 Å². The summed E-state index contributed by atoms with van der Waals surface area (Å²) < 4.78 is 0. The topological polar surface area (TPSA) is 66.6 Å². The number of fused-ring (bicyclic) bond motifs is 3. The van der Waals surface area contributed by atoms with Gasteiger partial charge in [-0.3, -0.25) is 9.59 Å². The molecule has 23 heavy (non-hydrogen) atoms. The molecule has 2 saturated heterocycles. The summed E-state index contributed by atoms with van der Waals surface area (Å²) >= 11 is 0. The number of hydrogen-bond donors (Lipinski definition) is 1. The predicted molar refractivity (Wildman–Crippen MR) is 88.1 cm³/mol. The number of benzene rings is 1. The van der Waals surface area contributed by atoms with Crippen LogP contribution in [0.1, 0.15) is 43.6 Å². The normalized spacial score (nSPS) is 33.1. The van der Waals surface area contributed by atoms with Gasteiger partial charge in [-0.05, 0) is 44.4 Å². The Morgan fingerprint density at radius 3 is 2.48 bits per heavy atom. The minimum Gasteiger partial charge on any atom is -0.370 e. The zero-order chi connectivity index (χ0) is 16.1. The Labute approximate surface area is 136 Å². The van der Waals surface area contributed by atoms with Gasteiger partial charge in [-0.2, -0.15) is 0 Å². The van der Waals surface area contributed by atoms with Gasteiger partial charge in [0.2, 0.25) is 11.8 Å². The van der Waals surface area contributed by atoms with E-state index in [9.17, 15) is 9.59 Å². The van der Waals surface area contributed by atoms with Gasteiger partial charge in [0.1, 0.15) is 0 Å². The maximum absolute atomic E-state index is 13.0. The van der Waals surface area contributed by atoms with Crippen molar-refractivity contribution in [1.82, 2.24) is 4.90 Å². The van der Waals surface area contributed by atoms with Crippen molar-refractivity contribution >= 4 is 17.5 Å². The average Bonchev–Trinajstić information content (AvgIpc) is 2.89. The molecule has 1 aromatic carbocycles. The molecule has 3 atom stereocenters. The van der Waals surface area contributed by atoms with E-state index in [1.165, 1.54) is 12.8 Å². The van der Waals surface area contributed by atoms with Gasteiger partial charge < -0.3 is 15.5 Å². The summed E-state index contributed by atoms with van der Waals surface area (Å²) in [6.07, 6.45) is 4.61. The van der Waals surface area contributed by atoms with Crippen molar-refractivity contribution < 1.29 is 9.59 Å². The third-order valence-corrected chi connectivity index (χ3v) is 5.95. The van der Waals surface area contributed by atoms with Crippen LogP contribution in [0.25, 0.3) is 0 Å². The van der Waals surface area contributed by atoms with Crippen LogP contribution in [0, 0.1) is 0 Å². The third kappa shape index (κ3) is 2.26. The Morgan fingerprint density at radius 1 is 1.17 bits per heavy atom. The van der Waals surface area contributed by atoms with E-state index >= 15 is 0 Å². The van der Waals surface area contributed by atoms with Crippen molar-refractivity contribution in [2.75, 3.05) is 11.9 Å². The molecule has 3 unspecified atom stereocenters. The highest BCUT2D eigenvalue weighted by atomic mass is 16.2. The molecule has 1 aromatic rings. The summed E-state index contributed by atoms with van der Waals surface area (Å²) in [7, 11) is 2.20. The SMILES string of the molecule is CN1C2CCC1CC(N1C(=O)C(CC(N)=O)c3ccccc31)C2. The van der Waals surface area contributed by atoms with Gasteiger partial charge in [-0.25, -0.2) is 0 Å². The predicted octanol–water partition coefficient (Wildman–Crippen LogP) is 1.62. The van der Waals surface area contributed by atoms with Crippen LogP contribution in [0.15, 0.2) is 24.3 Å². The third-order valence-electron chi connectivity index (χ3n) is 5.95. The van der Waals surface area contributed by atoms with E-state index in [4.69, 9.17) is 5.73 Å². The molecular weight excluding hydrogens is 290 g/mol. The Hall–Kier alpha value is -1.88. The maximum Gasteiger partial charge on any atom is 0.235 e. The largest absolute Gasteiger partial charge is 0.370 e. The van der Waals surface area contributed by atoms with Gasteiger partial charge in [-0.15, -0.1) is 0 Å². The van der Waals surface area contributed by atoms with Crippen molar-refractivity contribution in [3.8, 4) is 0 Å². The fraction of sp³-hybridized carbons (Fsp3) is 0.556. The first kappa shape index (κ1) is 14.7. The summed E-state index contributed by atoms with van der Waals surface area (Å²) in [5.41, 5.74) is 7.32. The van der Waals surface area contributed by atoms with E-state index in [0.717, 1.165) is 24.1 Å². The molecule has 122 valence electrons. The highest BCUT2D eigenvalue weighted by molar-refractivity contribution is 6.07. The summed E-state index contributed by atoms with van der Waals surface area (Å²) in [5.74, 6) is -0.761. The first-order chi connectivity index (χ1) is 11.1. The number of amides is 2. The van der Waals surface area contributed by atoms with E-state index in [0.29, 0.717) is 12.1 Å². The molecule has 4 rings (SSSR count). The van der Waals surface area contributed by atoms with Crippen molar-refractivity contribution in [1.29, 1.82) is 0 Å². The number of hydrogen-bond acceptors (Lipinski definition) is 3. The fourth-order valence-corrected chi connectivity index (χ4v) is 4.79. The van der Waals surface area contributed by atoms with Crippen molar-refractivity contribution in [2.24, 2.45) is 5.73 Å². The standard InChI is InChI=1S/C18H23N3O2/c1-20-11-6-7-12(20)9-13(8-11)21-16-5-3-2-4-14(16)15(18(21)23)10-17(19)22/h2-5,11-13,15H,6-10H2,1H3,(H2,19,22). The number of carbonyl (C=O) groups excluding carboxylic acids is 2. The minimum atomic E-state index is -0.413. The number of primary amides is 1. The number of nitrogens with zero attached hydrogens (tertiary/aromatic N) is 2. The zero-order valence-corrected chi connectivity index (χ0v) is 13.4. The molecule has 5 heteroatoms. The fourth-order valence-electron chi connectivity index (χ4n) is 4.79. The van der Waals surface area contributed by atoms with E-state index < -0.39 is 11.8 Å². The molecule has 0 saturated carbocycles. The van der Waals surface area contributed by atoms with Crippen molar-refractivity contribution in [2.45, 2.75) is 56.1 Å². The lowest BCUT2D eigenvalue weighted by molar-refractivity contribution is -0.124. The van der Waals surface area contributed by atoms with Crippen LogP contribution in [0.5, 0.6) is 0 Å². The maximum atomic E-state index is 13.0. The van der Waals surface area contributed by atoms with Crippen molar-refractivity contribution in [3.05, 3.63) is 29.8 Å². The summed E-state index contributed by atoms with van der Waals surface area (Å²) in [4.78, 5) is 28.9. The van der Waals surface area contributed by atoms with E-state index in [-0.39, 0.29) is 18.4 Å². The number of piperidine rings is 1. The number of nitrogens with two attached hydrogens (primary N) is 1. The molecule has 3 aliphatic rings. The van der Waals surface area contributed by atoms with Crippen LogP contribution in [0.3, 0.4) is 0 Å². The average molecular weight is 313 g/mol. The Kier molecular flexibility index (Phi) is 3.41. The number of anilines is 1. The highest BCUT2D eigenvalue weighted by Crippen LogP contribution is 2.44. The molecule has 2 N–H and O–H groups in total. The minimum absolute atomic E-state index is 0.0546. The second kappa shape index (κ2) is 5.34. The first-order valence-corrected chi connectivity index (χ1v) is 8.48. The molecule has 2 fully saturated rings. The second-order valence-electron chi connectivity index (χ2n) is 7.17. The molecule has 2 amide bonds.